The molecule has 0 heterocycles. The molecule has 0 aliphatic rings. The van der Waals surface area contributed by atoms with Gasteiger partial charge in [0.1, 0.15) is 5.69 Å². The Labute approximate surface area is 110 Å². The van der Waals surface area contributed by atoms with Crippen molar-refractivity contribution in [2.45, 2.75) is 0 Å². The van der Waals surface area contributed by atoms with Crippen molar-refractivity contribution in [3.05, 3.63) is 33.9 Å². The number of nitrogens with one attached hydrogen (secondary N) is 2. The van der Waals surface area contributed by atoms with E-state index in [9.17, 15) is 18.5 Å². The molecule has 0 aliphatic carbocycles. The minimum absolute atomic E-state index is 0.0900. The third-order valence-corrected chi connectivity index (χ3v) is 2.86. The van der Waals surface area contributed by atoms with Gasteiger partial charge in [-0.05, 0) is 12.1 Å². The van der Waals surface area contributed by atoms with Crippen LogP contribution in [-0.4, -0.2) is 32.7 Å². The summed E-state index contributed by atoms with van der Waals surface area (Å²) in [5, 5.41) is 22.2. The summed E-state index contributed by atoms with van der Waals surface area (Å²) < 4.78 is 23.9. The molecular weight excluding hydrogens is 272 g/mol. The highest BCUT2D eigenvalue weighted by molar-refractivity contribution is 7.88. The predicted molar refractivity (Wildman–Crippen MR) is 69.1 cm³/mol. The molecule has 1 rings (SSSR count). The molecule has 19 heavy (non-hydrogen) atoms. The molecule has 9 heteroatoms. The Hall–Kier alpha value is -2.18. The van der Waals surface area contributed by atoms with Crippen LogP contribution in [0, 0.1) is 21.4 Å². The van der Waals surface area contributed by atoms with Gasteiger partial charge in [-0.25, -0.2) is 13.1 Å². The summed E-state index contributed by atoms with van der Waals surface area (Å²) in [5.74, 6) is 0. The average molecular weight is 284 g/mol. The molecule has 1 aromatic carbocycles. The fraction of sp³-hybridized carbons (Fsp3) is 0.300. The van der Waals surface area contributed by atoms with Gasteiger partial charge in [0, 0.05) is 19.2 Å². The minimum atomic E-state index is -3.29. The van der Waals surface area contributed by atoms with E-state index in [2.05, 4.69) is 10.0 Å². The number of hydrogen-bond acceptors (Lipinski definition) is 6. The number of nitriles is 1. The Morgan fingerprint density at radius 1 is 1.42 bits per heavy atom. The van der Waals surface area contributed by atoms with Crippen LogP contribution in [0.15, 0.2) is 18.2 Å². The first-order chi connectivity index (χ1) is 8.83. The van der Waals surface area contributed by atoms with Crippen LogP contribution in [0.3, 0.4) is 0 Å². The van der Waals surface area contributed by atoms with Crippen molar-refractivity contribution in [2.75, 3.05) is 24.7 Å². The van der Waals surface area contributed by atoms with Gasteiger partial charge < -0.3 is 5.32 Å². The van der Waals surface area contributed by atoms with Crippen LogP contribution in [0.2, 0.25) is 0 Å². The SMILES string of the molecule is CS(=O)(=O)NCCNc1cc(C#N)ccc1[N+](=O)[O-]. The van der Waals surface area contributed by atoms with Crippen molar-refractivity contribution in [2.24, 2.45) is 0 Å². The zero-order chi connectivity index (χ0) is 14.5. The summed E-state index contributed by atoms with van der Waals surface area (Å²) >= 11 is 0. The average Bonchev–Trinajstić information content (AvgIpc) is 2.33. The van der Waals surface area contributed by atoms with E-state index in [1.54, 1.807) is 0 Å². The Morgan fingerprint density at radius 2 is 2.11 bits per heavy atom. The van der Waals surface area contributed by atoms with E-state index in [-0.39, 0.29) is 30.0 Å². The Balaban J connectivity index is 2.76. The normalized spacial score (nSPS) is 10.7. The predicted octanol–water partition coefficient (Wildman–Crippen LogP) is 0.428. The number of benzene rings is 1. The van der Waals surface area contributed by atoms with Gasteiger partial charge in [0.25, 0.3) is 5.69 Å². The number of nitro benzene ring substituents is 1. The Bertz CT molecular complexity index is 621. The van der Waals surface area contributed by atoms with Crippen molar-refractivity contribution in [1.82, 2.24) is 4.72 Å². The number of rotatable bonds is 6. The van der Waals surface area contributed by atoms with Gasteiger partial charge in [-0.3, -0.25) is 10.1 Å². The molecule has 0 fully saturated rings. The molecule has 0 aromatic heterocycles. The molecule has 0 spiro atoms. The summed E-state index contributed by atoms with van der Waals surface area (Å²) in [6, 6.07) is 5.79. The molecule has 0 atom stereocenters. The van der Waals surface area contributed by atoms with E-state index in [0.717, 1.165) is 6.26 Å². The van der Waals surface area contributed by atoms with Crippen molar-refractivity contribution >= 4 is 21.4 Å². The zero-order valence-electron chi connectivity index (χ0n) is 10.1. The van der Waals surface area contributed by atoms with Gasteiger partial charge >= 0.3 is 0 Å². The highest BCUT2D eigenvalue weighted by Crippen LogP contribution is 2.24. The van der Waals surface area contributed by atoms with Crippen LogP contribution < -0.4 is 10.0 Å². The van der Waals surface area contributed by atoms with E-state index in [1.807, 2.05) is 6.07 Å². The number of nitrogens with zero attached hydrogens (tertiary/aromatic N) is 2. The van der Waals surface area contributed by atoms with Gasteiger partial charge in [0.05, 0.1) is 22.8 Å². The summed E-state index contributed by atoms with van der Waals surface area (Å²) in [4.78, 5) is 10.2. The topological polar surface area (TPSA) is 125 Å². The van der Waals surface area contributed by atoms with Crippen molar-refractivity contribution in [1.29, 1.82) is 5.26 Å². The fourth-order valence-corrected chi connectivity index (χ4v) is 1.81. The summed E-state index contributed by atoms with van der Waals surface area (Å²) in [7, 11) is -3.29. The first kappa shape index (κ1) is 14.9. The zero-order valence-corrected chi connectivity index (χ0v) is 10.9. The van der Waals surface area contributed by atoms with Crippen molar-refractivity contribution in [3.8, 4) is 6.07 Å². The second-order valence-electron chi connectivity index (χ2n) is 3.69. The van der Waals surface area contributed by atoms with Gasteiger partial charge in [0.15, 0.2) is 0 Å². The molecule has 0 radical (unpaired) electrons. The molecule has 102 valence electrons. The smallest absolute Gasteiger partial charge is 0.292 e. The maximum Gasteiger partial charge on any atom is 0.292 e. The minimum Gasteiger partial charge on any atom is -0.378 e. The monoisotopic (exact) mass is 284 g/mol. The van der Waals surface area contributed by atoms with E-state index < -0.39 is 14.9 Å². The number of nitro groups is 1. The summed E-state index contributed by atoms with van der Waals surface area (Å²) in [6.07, 6.45) is 1.02. The summed E-state index contributed by atoms with van der Waals surface area (Å²) in [6.45, 7) is 0.259. The molecule has 1 aromatic rings. The van der Waals surface area contributed by atoms with Gasteiger partial charge in [-0.1, -0.05) is 0 Å². The highest BCUT2D eigenvalue weighted by atomic mass is 32.2. The van der Waals surface area contributed by atoms with Gasteiger partial charge in [-0.2, -0.15) is 5.26 Å². The molecule has 8 nitrogen and oxygen atoms in total. The van der Waals surface area contributed by atoms with Crippen LogP contribution in [0.1, 0.15) is 5.56 Å². The molecule has 0 amide bonds. The lowest BCUT2D eigenvalue weighted by Crippen LogP contribution is -2.27. The van der Waals surface area contributed by atoms with E-state index >= 15 is 0 Å². The molecule has 0 unspecified atom stereocenters. The molecule has 0 saturated carbocycles. The van der Waals surface area contributed by atoms with E-state index in [0.29, 0.717) is 0 Å². The van der Waals surface area contributed by atoms with Crippen LogP contribution >= 0.6 is 0 Å². The maximum atomic E-state index is 10.8. The molecular formula is C10H12N4O4S. The fourth-order valence-electron chi connectivity index (χ4n) is 1.34. The number of anilines is 1. The van der Waals surface area contributed by atoms with Crippen LogP contribution in [0.25, 0.3) is 0 Å². The van der Waals surface area contributed by atoms with E-state index in [4.69, 9.17) is 5.26 Å². The van der Waals surface area contributed by atoms with Gasteiger partial charge in [-0.15, -0.1) is 0 Å². The first-order valence-corrected chi connectivity index (χ1v) is 7.09. The van der Waals surface area contributed by atoms with E-state index in [1.165, 1.54) is 18.2 Å². The lowest BCUT2D eigenvalue weighted by atomic mass is 10.2. The third kappa shape index (κ3) is 4.90. The molecule has 0 bridgehead atoms. The quantitative estimate of drug-likeness (QED) is 0.443. The van der Waals surface area contributed by atoms with Crippen molar-refractivity contribution < 1.29 is 13.3 Å². The van der Waals surface area contributed by atoms with Crippen LogP contribution in [0.5, 0.6) is 0 Å². The van der Waals surface area contributed by atoms with Crippen molar-refractivity contribution in [3.63, 3.8) is 0 Å². The van der Waals surface area contributed by atoms with Gasteiger partial charge in [0.2, 0.25) is 10.0 Å². The highest BCUT2D eigenvalue weighted by Gasteiger charge is 2.13. The third-order valence-electron chi connectivity index (χ3n) is 2.13. The Kier molecular flexibility index (Phi) is 4.80. The number of sulfonamides is 1. The lowest BCUT2D eigenvalue weighted by molar-refractivity contribution is -0.384. The van der Waals surface area contributed by atoms with Crippen LogP contribution in [-0.2, 0) is 10.0 Å². The number of hydrogen-bond donors (Lipinski definition) is 2. The molecule has 2 N–H and O–H groups in total. The second-order valence-corrected chi connectivity index (χ2v) is 5.53. The standard InChI is InChI=1S/C10H12N4O4S/c1-19(17,18)13-5-4-12-9-6-8(7-11)2-3-10(9)14(15)16/h2-3,6,12-13H,4-5H2,1H3. The summed E-state index contributed by atoms with van der Waals surface area (Å²) in [5.41, 5.74) is 0.293. The second kappa shape index (κ2) is 6.12. The molecule has 0 saturated heterocycles. The Morgan fingerprint density at radius 3 is 2.63 bits per heavy atom. The molecule has 0 aliphatic heterocycles. The first-order valence-electron chi connectivity index (χ1n) is 5.20. The lowest BCUT2D eigenvalue weighted by Gasteiger charge is -2.07. The largest absolute Gasteiger partial charge is 0.378 e. The maximum absolute atomic E-state index is 10.8. The van der Waals surface area contributed by atoms with Crippen LogP contribution in [0.4, 0.5) is 11.4 Å².